The molecule has 2 atom stereocenters. The zero-order valence-electron chi connectivity index (χ0n) is 23.4. The van der Waals surface area contributed by atoms with Crippen molar-refractivity contribution < 1.29 is 28.4 Å². The number of rotatable bonds is 15. The molecule has 1 aliphatic heterocycles. The quantitative estimate of drug-likeness (QED) is 0.143. The summed E-state index contributed by atoms with van der Waals surface area (Å²) in [6, 6.07) is 22.8. The second-order valence-corrected chi connectivity index (χ2v) is 10.9. The molecular weight excluding hydrogens is 512 g/mol. The average molecular weight is 553 g/mol. The number of fused-ring (bicyclic) bond motifs is 1. The van der Waals surface area contributed by atoms with Crippen LogP contribution in [0.3, 0.4) is 0 Å². The van der Waals surface area contributed by atoms with E-state index in [-0.39, 0.29) is 19.0 Å². The van der Waals surface area contributed by atoms with Crippen molar-refractivity contribution in [1.29, 1.82) is 0 Å². The first kappa shape index (κ1) is 29.1. The summed E-state index contributed by atoms with van der Waals surface area (Å²) in [4.78, 5) is 1.27. The van der Waals surface area contributed by atoms with E-state index in [1.54, 1.807) is 14.2 Å². The third-order valence-corrected chi connectivity index (χ3v) is 8.47. The van der Waals surface area contributed by atoms with Crippen LogP contribution in [-0.2, 0) is 14.9 Å². The van der Waals surface area contributed by atoms with Crippen LogP contribution in [0.1, 0.15) is 50.2 Å². The molecule has 0 amide bonds. The number of benzene rings is 3. The Morgan fingerprint density at radius 1 is 0.744 bits per heavy atom. The van der Waals surface area contributed by atoms with Gasteiger partial charge in [0.1, 0.15) is 23.0 Å². The first-order valence-electron chi connectivity index (χ1n) is 13.5. The molecule has 0 aromatic heterocycles. The summed E-state index contributed by atoms with van der Waals surface area (Å²) in [6.45, 7) is 6.35. The molecule has 1 heterocycles. The maximum Gasteiger partial charge on any atom is 0.188 e. The molecule has 0 saturated heterocycles. The summed E-state index contributed by atoms with van der Waals surface area (Å²) >= 11 is 1.89. The molecule has 0 aliphatic carbocycles. The number of hydrogen-bond acceptors (Lipinski definition) is 7. The van der Waals surface area contributed by atoms with Crippen molar-refractivity contribution in [3.63, 3.8) is 0 Å². The summed E-state index contributed by atoms with van der Waals surface area (Å²) in [5.74, 6) is 4.68. The van der Waals surface area contributed by atoms with Gasteiger partial charge < -0.3 is 28.4 Å². The van der Waals surface area contributed by atoms with E-state index >= 15 is 0 Å². The second-order valence-electron chi connectivity index (χ2n) is 9.90. The first-order chi connectivity index (χ1) is 19.1. The van der Waals surface area contributed by atoms with Crippen molar-refractivity contribution in [2.45, 2.75) is 49.3 Å². The lowest BCUT2D eigenvalue weighted by Crippen LogP contribution is -2.36. The molecule has 3 aromatic rings. The monoisotopic (exact) mass is 552 g/mol. The predicted molar refractivity (Wildman–Crippen MR) is 156 cm³/mol. The van der Waals surface area contributed by atoms with Crippen LogP contribution in [0.25, 0.3) is 0 Å². The van der Waals surface area contributed by atoms with Gasteiger partial charge in [-0.25, -0.2) is 0 Å². The number of thioether (sulfide) groups is 1. The highest BCUT2D eigenvalue weighted by atomic mass is 32.2. The van der Waals surface area contributed by atoms with Crippen molar-refractivity contribution in [2.24, 2.45) is 0 Å². The Morgan fingerprint density at radius 3 is 1.95 bits per heavy atom. The lowest BCUT2D eigenvalue weighted by Gasteiger charge is -2.43. The molecule has 7 heteroatoms. The van der Waals surface area contributed by atoms with Gasteiger partial charge in [-0.05, 0) is 84.8 Å². The first-order valence-corrected chi connectivity index (χ1v) is 14.5. The number of hydrogen-bond donors (Lipinski definition) is 0. The minimum Gasteiger partial charge on any atom is -0.494 e. The van der Waals surface area contributed by atoms with Gasteiger partial charge >= 0.3 is 0 Å². The van der Waals surface area contributed by atoms with Crippen LogP contribution in [0.2, 0.25) is 0 Å². The minimum absolute atomic E-state index is 0.0510. The molecule has 1 aliphatic rings. The van der Waals surface area contributed by atoms with Crippen LogP contribution in [0, 0.1) is 0 Å². The Bertz CT molecular complexity index is 1150. The minimum atomic E-state index is -0.0510. The fraction of sp³-hybridized carbons (Fsp3) is 0.438. The summed E-state index contributed by atoms with van der Waals surface area (Å²) in [5.41, 5.74) is 2.61. The Hall–Kier alpha value is -2.87. The third kappa shape index (κ3) is 7.62. The molecule has 0 radical (unpaired) electrons. The Labute approximate surface area is 236 Å². The SMILES string of the molecule is CCCOc1ccc(OCCCC2c3ccc(OCOC)cc3SCC2(C)c2ccc(OCOC)cc2)cc1. The van der Waals surface area contributed by atoms with Gasteiger partial charge in [0.05, 0.1) is 13.2 Å². The fourth-order valence-electron chi connectivity index (χ4n) is 4.96. The molecule has 3 aromatic carbocycles. The molecule has 4 rings (SSSR count). The van der Waals surface area contributed by atoms with Crippen LogP contribution >= 0.6 is 11.8 Å². The van der Waals surface area contributed by atoms with E-state index in [9.17, 15) is 0 Å². The van der Waals surface area contributed by atoms with Gasteiger partial charge in [0.25, 0.3) is 0 Å². The van der Waals surface area contributed by atoms with Crippen LogP contribution in [0.4, 0.5) is 0 Å². The topological polar surface area (TPSA) is 55.4 Å². The van der Waals surface area contributed by atoms with E-state index in [0.717, 1.165) is 54.6 Å². The third-order valence-electron chi connectivity index (χ3n) is 7.06. The van der Waals surface area contributed by atoms with Gasteiger partial charge in [0, 0.05) is 30.3 Å². The largest absolute Gasteiger partial charge is 0.494 e. The van der Waals surface area contributed by atoms with Crippen molar-refractivity contribution in [2.75, 3.05) is 46.8 Å². The van der Waals surface area contributed by atoms with E-state index in [1.165, 1.54) is 16.0 Å². The lowest BCUT2D eigenvalue weighted by atomic mass is 9.68. The number of methoxy groups -OCH3 is 2. The molecule has 0 saturated carbocycles. The highest BCUT2D eigenvalue weighted by Crippen LogP contribution is 2.52. The molecule has 0 N–H and O–H groups in total. The highest BCUT2D eigenvalue weighted by molar-refractivity contribution is 7.99. The molecule has 6 nitrogen and oxygen atoms in total. The zero-order chi connectivity index (χ0) is 27.5. The molecular formula is C32H40O6S. The van der Waals surface area contributed by atoms with Crippen molar-refractivity contribution in [1.82, 2.24) is 0 Å². The molecule has 210 valence electrons. The standard InChI is InChI=1S/C32H40O6S/c1-5-18-35-25-12-14-26(15-13-25)36-19-6-7-30-29-17-16-28(38-23-34-4)20-31(29)39-21-32(30,2)24-8-10-27(11-9-24)37-22-33-3/h8-17,20,30H,5-7,18-19,21-23H2,1-4H3. The van der Waals surface area contributed by atoms with Gasteiger partial charge in [-0.15, -0.1) is 11.8 Å². The molecule has 0 fully saturated rings. The summed E-state index contributed by atoms with van der Waals surface area (Å²) in [6.07, 6.45) is 2.94. The molecule has 39 heavy (non-hydrogen) atoms. The molecule has 0 spiro atoms. The predicted octanol–water partition coefficient (Wildman–Crippen LogP) is 7.45. The van der Waals surface area contributed by atoms with Gasteiger partial charge in [-0.2, -0.15) is 0 Å². The summed E-state index contributed by atoms with van der Waals surface area (Å²) in [7, 11) is 3.26. The average Bonchev–Trinajstić information content (AvgIpc) is 2.97. The van der Waals surface area contributed by atoms with Gasteiger partial charge in [0.2, 0.25) is 0 Å². The summed E-state index contributed by atoms with van der Waals surface area (Å²) < 4.78 is 33.3. The Kier molecular flexibility index (Phi) is 10.8. The zero-order valence-corrected chi connectivity index (χ0v) is 24.3. The Morgan fingerprint density at radius 2 is 1.31 bits per heavy atom. The van der Waals surface area contributed by atoms with Crippen LogP contribution in [0.5, 0.6) is 23.0 Å². The van der Waals surface area contributed by atoms with E-state index in [0.29, 0.717) is 12.5 Å². The lowest BCUT2D eigenvalue weighted by molar-refractivity contribution is 0.0508. The van der Waals surface area contributed by atoms with Gasteiger partial charge in [-0.1, -0.05) is 32.0 Å². The fourth-order valence-corrected chi connectivity index (χ4v) is 6.36. The number of ether oxygens (including phenoxy) is 6. The Balaban J connectivity index is 1.49. The van der Waals surface area contributed by atoms with Crippen molar-refractivity contribution in [3.05, 3.63) is 77.9 Å². The van der Waals surface area contributed by atoms with E-state index < -0.39 is 0 Å². The van der Waals surface area contributed by atoms with E-state index in [2.05, 4.69) is 44.2 Å². The van der Waals surface area contributed by atoms with Crippen molar-refractivity contribution in [3.8, 4) is 23.0 Å². The normalized spacial score (nSPS) is 18.3. The highest BCUT2D eigenvalue weighted by Gasteiger charge is 2.41. The molecule has 2 unspecified atom stereocenters. The van der Waals surface area contributed by atoms with Crippen LogP contribution < -0.4 is 18.9 Å². The van der Waals surface area contributed by atoms with E-state index in [4.69, 9.17) is 28.4 Å². The van der Waals surface area contributed by atoms with Crippen LogP contribution in [-0.4, -0.2) is 46.8 Å². The van der Waals surface area contributed by atoms with E-state index in [1.807, 2.05) is 48.2 Å². The van der Waals surface area contributed by atoms with Crippen LogP contribution in [0.15, 0.2) is 71.6 Å². The maximum absolute atomic E-state index is 6.11. The molecule has 0 bridgehead atoms. The second kappa shape index (κ2) is 14.5. The smallest absolute Gasteiger partial charge is 0.188 e. The van der Waals surface area contributed by atoms with Gasteiger partial charge in [-0.3, -0.25) is 0 Å². The van der Waals surface area contributed by atoms with Crippen molar-refractivity contribution >= 4 is 11.8 Å². The maximum atomic E-state index is 6.11. The summed E-state index contributed by atoms with van der Waals surface area (Å²) in [5, 5.41) is 0. The van der Waals surface area contributed by atoms with Gasteiger partial charge in [0.15, 0.2) is 13.6 Å².